The summed E-state index contributed by atoms with van der Waals surface area (Å²) < 4.78 is 34.7. The average Bonchev–Trinajstić information content (AvgIpc) is 2.68. The van der Waals surface area contributed by atoms with Gasteiger partial charge in [-0.2, -0.15) is 0 Å². The van der Waals surface area contributed by atoms with Gasteiger partial charge in [-0.3, -0.25) is 4.21 Å². The maximum absolute atomic E-state index is 12.0. The van der Waals surface area contributed by atoms with E-state index < -0.39 is 22.7 Å². The Balaban J connectivity index is 2.39. The minimum atomic E-state index is -2.48. The third kappa shape index (κ3) is 6.62. The number of ether oxygens (including phenoxy) is 2. The first kappa shape index (κ1) is 24.0. The lowest BCUT2D eigenvalue weighted by atomic mass is 10.2. The molecule has 0 aliphatic rings. The summed E-state index contributed by atoms with van der Waals surface area (Å²) in [7, 11) is 0. The molecule has 1 atom stereocenters. The fourth-order valence-corrected chi connectivity index (χ4v) is 3.81. The summed E-state index contributed by atoms with van der Waals surface area (Å²) in [6.45, 7) is 7.85. The number of carbonyl (C=O) groups excluding carboxylic acids is 1. The fraction of sp³-hybridized carbons (Fsp3) is 0.318. The number of anilines is 2. The monoisotopic (exact) mass is 448 g/mol. The van der Waals surface area contributed by atoms with Crippen molar-refractivity contribution in [3.63, 3.8) is 0 Å². The smallest absolute Gasteiger partial charge is 0.334 e. The molecule has 0 aliphatic heterocycles. The standard InChI is InChI=1S/C22H27NO5S2/c1-6-23(16-10-8-7-9-11-16)17-14-19(29-5)18(15-20(17)30(25)26)27-13-12-21(24)28-22(2,3)4/h7-15H,6H2,1-5H3,(H,25,26)/p-1/b13-12+. The minimum absolute atomic E-state index is 0.110. The van der Waals surface area contributed by atoms with Gasteiger partial charge in [-0.15, -0.1) is 11.8 Å². The Morgan fingerprint density at radius 3 is 2.43 bits per heavy atom. The van der Waals surface area contributed by atoms with E-state index in [1.54, 1.807) is 26.8 Å². The summed E-state index contributed by atoms with van der Waals surface area (Å²) in [6, 6.07) is 12.8. The molecule has 0 spiro atoms. The maximum atomic E-state index is 12.0. The highest BCUT2D eigenvalue weighted by Crippen LogP contribution is 2.39. The molecule has 1 unspecified atom stereocenters. The Morgan fingerprint density at radius 1 is 1.23 bits per heavy atom. The molecule has 162 valence electrons. The van der Waals surface area contributed by atoms with Crippen LogP contribution in [0.4, 0.5) is 11.4 Å². The Kier molecular flexibility index (Phi) is 8.52. The normalized spacial score (nSPS) is 12.6. The second kappa shape index (κ2) is 10.7. The number of esters is 1. The molecule has 2 aromatic carbocycles. The largest absolute Gasteiger partial charge is 0.768 e. The number of benzene rings is 2. The molecule has 6 nitrogen and oxygen atoms in total. The van der Waals surface area contributed by atoms with Crippen LogP contribution in [0, 0.1) is 0 Å². The predicted molar refractivity (Wildman–Crippen MR) is 120 cm³/mol. The summed E-state index contributed by atoms with van der Waals surface area (Å²) in [5, 5.41) is 0. The summed E-state index contributed by atoms with van der Waals surface area (Å²) in [5.41, 5.74) is 0.836. The van der Waals surface area contributed by atoms with Crippen LogP contribution in [0.2, 0.25) is 0 Å². The molecular weight excluding hydrogens is 422 g/mol. The number of thioether (sulfide) groups is 1. The number of hydrogen-bond acceptors (Lipinski definition) is 7. The van der Waals surface area contributed by atoms with E-state index in [1.807, 2.05) is 48.4 Å². The van der Waals surface area contributed by atoms with Gasteiger partial charge < -0.3 is 18.9 Å². The number of hydrogen-bond donors (Lipinski definition) is 0. The van der Waals surface area contributed by atoms with Crippen LogP contribution in [0.1, 0.15) is 27.7 Å². The van der Waals surface area contributed by atoms with Crippen LogP contribution in [0.3, 0.4) is 0 Å². The van der Waals surface area contributed by atoms with Crippen molar-refractivity contribution in [2.45, 2.75) is 43.1 Å². The molecule has 2 aromatic rings. The molecule has 0 N–H and O–H groups in total. The third-order valence-corrected chi connectivity index (χ3v) is 5.35. The van der Waals surface area contributed by atoms with E-state index in [0.717, 1.165) is 10.6 Å². The molecule has 0 amide bonds. The molecule has 0 heterocycles. The summed E-state index contributed by atoms with van der Waals surface area (Å²) >= 11 is -1.06. The molecule has 0 radical (unpaired) electrons. The maximum Gasteiger partial charge on any atom is 0.334 e. The third-order valence-electron chi connectivity index (χ3n) is 3.91. The quantitative estimate of drug-likeness (QED) is 0.184. The first-order valence-corrected chi connectivity index (χ1v) is 11.7. The Bertz CT molecular complexity index is 923. The van der Waals surface area contributed by atoms with Crippen molar-refractivity contribution in [1.29, 1.82) is 0 Å². The van der Waals surface area contributed by atoms with Crippen LogP contribution in [0.5, 0.6) is 5.75 Å². The van der Waals surface area contributed by atoms with Crippen molar-refractivity contribution in [2.24, 2.45) is 0 Å². The zero-order chi connectivity index (χ0) is 22.3. The lowest BCUT2D eigenvalue weighted by molar-refractivity contribution is -0.148. The van der Waals surface area contributed by atoms with Crippen LogP contribution in [0.25, 0.3) is 0 Å². The average molecular weight is 449 g/mol. The summed E-state index contributed by atoms with van der Waals surface area (Å²) in [5.74, 6) is -0.201. The van der Waals surface area contributed by atoms with Crippen molar-refractivity contribution < 1.29 is 23.0 Å². The van der Waals surface area contributed by atoms with Crippen LogP contribution in [-0.4, -0.2) is 33.1 Å². The minimum Gasteiger partial charge on any atom is -0.768 e. The van der Waals surface area contributed by atoms with Gasteiger partial charge in [0, 0.05) is 12.2 Å². The van der Waals surface area contributed by atoms with Crippen molar-refractivity contribution >= 4 is 40.2 Å². The Morgan fingerprint density at radius 2 is 1.90 bits per heavy atom. The lowest BCUT2D eigenvalue weighted by Gasteiger charge is -2.27. The molecule has 0 saturated carbocycles. The van der Waals surface area contributed by atoms with Crippen molar-refractivity contribution in [2.75, 3.05) is 17.7 Å². The summed E-state index contributed by atoms with van der Waals surface area (Å²) in [6.07, 6.45) is 4.24. The van der Waals surface area contributed by atoms with Crippen molar-refractivity contribution in [3.05, 3.63) is 54.8 Å². The van der Waals surface area contributed by atoms with Gasteiger partial charge in [0.15, 0.2) is 0 Å². The van der Waals surface area contributed by atoms with Gasteiger partial charge >= 0.3 is 5.97 Å². The van der Waals surface area contributed by atoms with Gasteiger partial charge in [-0.25, -0.2) is 4.79 Å². The van der Waals surface area contributed by atoms with E-state index in [2.05, 4.69) is 0 Å². The Labute approximate surface area is 184 Å². The zero-order valence-electron chi connectivity index (χ0n) is 17.7. The van der Waals surface area contributed by atoms with E-state index in [1.165, 1.54) is 30.2 Å². The topological polar surface area (TPSA) is 78.9 Å². The van der Waals surface area contributed by atoms with E-state index in [9.17, 15) is 13.6 Å². The fourth-order valence-electron chi connectivity index (χ4n) is 2.73. The number of rotatable bonds is 8. The highest BCUT2D eigenvalue weighted by atomic mass is 32.2. The van der Waals surface area contributed by atoms with Crippen LogP contribution < -0.4 is 9.64 Å². The lowest BCUT2D eigenvalue weighted by Crippen LogP contribution is -2.22. The first-order chi connectivity index (χ1) is 14.2. The molecule has 8 heteroatoms. The van der Waals surface area contributed by atoms with Crippen molar-refractivity contribution in [3.8, 4) is 5.75 Å². The second-order valence-corrected chi connectivity index (χ2v) is 9.00. The van der Waals surface area contributed by atoms with E-state index in [4.69, 9.17) is 9.47 Å². The number of nitrogens with zero attached hydrogens (tertiary/aromatic N) is 1. The van der Waals surface area contributed by atoms with Gasteiger partial charge in [0.1, 0.15) is 11.4 Å². The Hall–Kier alpha value is -2.29. The molecule has 0 bridgehead atoms. The van der Waals surface area contributed by atoms with Gasteiger partial charge in [-0.05, 0) is 69.3 Å². The van der Waals surface area contributed by atoms with Gasteiger partial charge in [0.05, 0.1) is 27.8 Å². The molecule has 0 saturated heterocycles. The van der Waals surface area contributed by atoms with Crippen molar-refractivity contribution in [1.82, 2.24) is 0 Å². The number of carbonyl (C=O) groups is 1. The van der Waals surface area contributed by atoms with Crippen LogP contribution in [0.15, 0.2) is 64.6 Å². The molecule has 30 heavy (non-hydrogen) atoms. The SMILES string of the molecule is CCN(c1ccccc1)c1cc(SC)c(O/C=C/C(=O)OC(C)(C)C)cc1S(=O)[O-]. The second-order valence-electron chi connectivity index (χ2n) is 7.24. The number of para-hydroxylation sites is 1. The molecular formula is C22H26NO5S2-. The molecule has 0 aliphatic carbocycles. The van der Waals surface area contributed by atoms with E-state index in [-0.39, 0.29) is 4.90 Å². The van der Waals surface area contributed by atoms with E-state index >= 15 is 0 Å². The highest BCUT2D eigenvalue weighted by molar-refractivity contribution is 7.98. The van der Waals surface area contributed by atoms with Crippen LogP contribution in [-0.2, 0) is 20.6 Å². The molecule has 2 rings (SSSR count). The molecule has 0 aromatic heterocycles. The molecule has 0 fully saturated rings. The summed E-state index contributed by atoms with van der Waals surface area (Å²) in [4.78, 5) is 14.6. The van der Waals surface area contributed by atoms with Gasteiger partial charge in [0.2, 0.25) is 0 Å². The van der Waals surface area contributed by atoms with Crippen LogP contribution >= 0.6 is 11.8 Å². The van der Waals surface area contributed by atoms with E-state index in [0.29, 0.717) is 18.0 Å². The first-order valence-electron chi connectivity index (χ1n) is 9.36. The zero-order valence-corrected chi connectivity index (χ0v) is 19.3. The highest BCUT2D eigenvalue weighted by Gasteiger charge is 2.18. The van der Waals surface area contributed by atoms with Gasteiger partial charge in [0.25, 0.3) is 0 Å². The predicted octanol–water partition coefficient (Wildman–Crippen LogP) is 5.04. The van der Waals surface area contributed by atoms with Gasteiger partial charge in [-0.1, -0.05) is 18.2 Å².